The first-order valence-electron chi connectivity index (χ1n) is 8.80. The second kappa shape index (κ2) is 8.96. The lowest BCUT2D eigenvalue weighted by Gasteiger charge is -2.09. The van der Waals surface area contributed by atoms with Gasteiger partial charge in [0.05, 0.1) is 12.8 Å². The highest BCUT2D eigenvalue weighted by molar-refractivity contribution is 5.73. The number of benzene rings is 1. The maximum atomic E-state index is 10.9. The molecule has 1 aromatic carbocycles. The normalized spacial score (nSPS) is 10.6. The third-order valence-electron chi connectivity index (χ3n) is 3.86. The molecule has 3 aromatic rings. The molecule has 0 fully saturated rings. The molecule has 0 aliphatic heterocycles. The van der Waals surface area contributed by atoms with Crippen LogP contribution in [0.2, 0.25) is 0 Å². The summed E-state index contributed by atoms with van der Waals surface area (Å²) in [6.45, 7) is 2.53. The molecule has 0 aliphatic carbocycles. The number of aliphatic hydroxyl groups excluding tert-OH is 1. The molecule has 9 heteroatoms. The minimum atomic E-state index is -0.357. The van der Waals surface area contributed by atoms with E-state index in [1.165, 1.54) is 0 Å². The Morgan fingerprint density at radius 3 is 2.96 bits per heavy atom. The topological polar surface area (TPSA) is 128 Å². The van der Waals surface area contributed by atoms with Crippen LogP contribution in [0.5, 0.6) is 5.88 Å². The van der Waals surface area contributed by atoms with Crippen LogP contribution in [0.25, 0.3) is 11.1 Å². The van der Waals surface area contributed by atoms with Crippen molar-refractivity contribution in [2.24, 2.45) is 5.73 Å². The summed E-state index contributed by atoms with van der Waals surface area (Å²) in [7, 11) is 0. The summed E-state index contributed by atoms with van der Waals surface area (Å²) in [6.07, 6.45) is 5.45. The molecule has 2 heterocycles. The molecule has 146 valence electrons. The number of ether oxygens (including phenoxy) is 1. The fourth-order valence-corrected chi connectivity index (χ4v) is 2.64. The summed E-state index contributed by atoms with van der Waals surface area (Å²) >= 11 is 0. The highest BCUT2D eigenvalue weighted by atomic mass is 16.5. The van der Waals surface area contributed by atoms with Crippen molar-refractivity contribution in [2.45, 2.75) is 19.9 Å². The smallest absolute Gasteiger partial charge is 0.230 e. The monoisotopic (exact) mass is 382 g/mol. The molecule has 0 saturated heterocycles. The van der Waals surface area contributed by atoms with E-state index in [2.05, 4.69) is 20.4 Å². The quantitative estimate of drug-likeness (QED) is 0.513. The fraction of sp³-hybridized carbons (Fsp3) is 0.263. The van der Waals surface area contributed by atoms with E-state index in [-0.39, 0.29) is 25.5 Å². The summed E-state index contributed by atoms with van der Waals surface area (Å²) < 4.78 is 7.00. The van der Waals surface area contributed by atoms with E-state index in [1.807, 2.05) is 31.3 Å². The van der Waals surface area contributed by atoms with Gasteiger partial charge in [0, 0.05) is 42.7 Å². The van der Waals surface area contributed by atoms with Gasteiger partial charge in [0.2, 0.25) is 17.7 Å². The Morgan fingerprint density at radius 1 is 1.32 bits per heavy atom. The van der Waals surface area contributed by atoms with Crippen molar-refractivity contribution in [3.63, 3.8) is 0 Å². The van der Waals surface area contributed by atoms with Crippen LogP contribution in [0.4, 0.5) is 11.6 Å². The minimum Gasteiger partial charge on any atom is -0.475 e. The van der Waals surface area contributed by atoms with Gasteiger partial charge in [-0.15, -0.1) is 0 Å². The summed E-state index contributed by atoms with van der Waals surface area (Å²) in [5, 5.41) is 16.3. The number of anilines is 2. The molecule has 3 rings (SSSR count). The molecular weight excluding hydrogens is 360 g/mol. The highest BCUT2D eigenvalue weighted by Gasteiger charge is 2.07. The first-order valence-corrected chi connectivity index (χ1v) is 8.80. The Kier molecular flexibility index (Phi) is 6.18. The second-order valence-corrected chi connectivity index (χ2v) is 6.21. The summed E-state index contributed by atoms with van der Waals surface area (Å²) in [6, 6.07) is 7.62. The molecule has 2 aromatic heterocycles. The second-order valence-electron chi connectivity index (χ2n) is 6.21. The number of aliphatic hydroxyl groups is 1. The van der Waals surface area contributed by atoms with E-state index in [0.717, 1.165) is 22.4 Å². The van der Waals surface area contributed by atoms with E-state index >= 15 is 0 Å². The number of nitrogens with zero attached hydrogens (tertiary/aromatic N) is 4. The number of carbonyl (C=O) groups is 1. The number of aryl methyl sites for hydroxylation is 2. The molecule has 0 bridgehead atoms. The first kappa shape index (κ1) is 19.3. The molecule has 0 radical (unpaired) electrons. The van der Waals surface area contributed by atoms with Crippen molar-refractivity contribution >= 4 is 17.5 Å². The Balaban J connectivity index is 1.77. The summed E-state index contributed by atoms with van der Waals surface area (Å²) in [5.41, 5.74) is 8.96. The van der Waals surface area contributed by atoms with Crippen LogP contribution in [0, 0.1) is 6.92 Å². The van der Waals surface area contributed by atoms with Crippen molar-refractivity contribution in [1.82, 2.24) is 19.7 Å². The molecule has 0 unspecified atom stereocenters. The number of rotatable bonds is 9. The number of carbonyl (C=O) groups excluding carboxylic acids is 1. The number of aromatic nitrogens is 4. The lowest BCUT2D eigenvalue weighted by Crippen LogP contribution is -2.13. The van der Waals surface area contributed by atoms with E-state index in [0.29, 0.717) is 18.4 Å². The molecular formula is C19H22N6O3. The largest absolute Gasteiger partial charge is 0.475 e. The van der Waals surface area contributed by atoms with Gasteiger partial charge in [-0.3, -0.25) is 9.48 Å². The fourth-order valence-electron chi connectivity index (χ4n) is 2.64. The van der Waals surface area contributed by atoms with E-state index < -0.39 is 0 Å². The Morgan fingerprint density at radius 2 is 2.18 bits per heavy atom. The zero-order valence-electron chi connectivity index (χ0n) is 15.5. The van der Waals surface area contributed by atoms with Crippen molar-refractivity contribution in [1.29, 1.82) is 0 Å². The number of primary amides is 1. The molecule has 4 N–H and O–H groups in total. The molecule has 9 nitrogen and oxygen atoms in total. The van der Waals surface area contributed by atoms with Crippen LogP contribution in [0.3, 0.4) is 0 Å². The van der Waals surface area contributed by atoms with Gasteiger partial charge in [0.15, 0.2) is 0 Å². The average Bonchev–Trinajstić information content (AvgIpc) is 3.14. The maximum absolute atomic E-state index is 10.9. The lowest BCUT2D eigenvalue weighted by molar-refractivity contribution is -0.118. The average molecular weight is 382 g/mol. The lowest BCUT2D eigenvalue weighted by atomic mass is 10.1. The van der Waals surface area contributed by atoms with Gasteiger partial charge in [0.1, 0.15) is 6.61 Å². The van der Waals surface area contributed by atoms with Crippen LogP contribution < -0.4 is 15.8 Å². The standard InChI is InChI=1S/C19H22N6O3/c1-13-8-14(15-11-22-25(12-15)5-3-17(20)27)10-16(9-13)23-19-21-4-2-18(24-19)28-7-6-26/h2,4,8-12,26H,3,5-7H2,1H3,(H2,20,27)(H,21,23,24). The maximum Gasteiger partial charge on any atom is 0.230 e. The van der Waals surface area contributed by atoms with Gasteiger partial charge in [-0.1, -0.05) is 6.07 Å². The van der Waals surface area contributed by atoms with Crippen molar-refractivity contribution in [3.8, 4) is 17.0 Å². The van der Waals surface area contributed by atoms with Gasteiger partial charge in [-0.2, -0.15) is 10.1 Å². The first-order chi connectivity index (χ1) is 13.5. The van der Waals surface area contributed by atoms with Gasteiger partial charge in [-0.25, -0.2) is 4.98 Å². The van der Waals surface area contributed by atoms with Crippen LogP contribution in [0.15, 0.2) is 42.9 Å². The van der Waals surface area contributed by atoms with Crippen LogP contribution in [-0.2, 0) is 11.3 Å². The van der Waals surface area contributed by atoms with Crippen molar-refractivity contribution in [3.05, 3.63) is 48.4 Å². The Hall–Kier alpha value is -3.46. The number of hydrogen-bond acceptors (Lipinski definition) is 7. The zero-order chi connectivity index (χ0) is 19.9. The van der Waals surface area contributed by atoms with Crippen LogP contribution in [0.1, 0.15) is 12.0 Å². The third-order valence-corrected chi connectivity index (χ3v) is 3.86. The molecule has 0 saturated carbocycles. The summed E-state index contributed by atoms with van der Waals surface area (Å²) in [5.74, 6) is 0.420. The van der Waals surface area contributed by atoms with Gasteiger partial charge >= 0.3 is 0 Å². The molecule has 0 atom stereocenters. The molecule has 28 heavy (non-hydrogen) atoms. The number of nitrogens with two attached hydrogens (primary N) is 1. The number of amides is 1. The predicted molar refractivity (Wildman–Crippen MR) is 104 cm³/mol. The Bertz CT molecular complexity index is 956. The van der Waals surface area contributed by atoms with Gasteiger partial charge in [0.25, 0.3) is 0 Å². The zero-order valence-corrected chi connectivity index (χ0v) is 15.5. The Labute approximate surface area is 162 Å². The molecule has 0 spiro atoms. The third kappa shape index (κ3) is 5.27. The van der Waals surface area contributed by atoms with E-state index in [1.54, 1.807) is 23.1 Å². The van der Waals surface area contributed by atoms with Crippen LogP contribution >= 0.6 is 0 Å². The molecule has 0 aliphatic rings. The molecule has 1 amide bonds. The van der Waals surface area contributed by atoms with Gasteiger partial charge in [-0.05, 0) is 30.2 Å². The SMILES string of the molecule is Cc1cc(Nc2nccc(OCCO)n2)cc(-c2cnn(CCC(N)=O)c2)c1. The minimum absolute atomic E-state index is 0.0822. The van der Waals surface area contributed by atoms with Gasteiger partial charge < -0.3 is 20.9 Å². The van der Waals surface area contributed by atoms with E-state index in [4.69, 9.17) is 15.6 Å². The van der Waals surface area contributed by atoms with Crippen LogP contribution in [-0.4, -0.2) is 44.0 Å². The van der Waals surface area contributed by atoms with Crippen molar-refractivity contribution < 1.29 is 14.6 Å². The van der Waals surface area contributed by atoms with E-state index in [9.17, 15) is 4.79 Å². The highest BCUT2D eigenvalue weighted by Crippen LogP contribution is 2.26. The predicted octanol–water partition coefficient (Wildman–Crippen LogP) is 1.64. The summed E-state index contributed by atoms with van der Waals surface area (Å²) in [4.78, 5) is 19.4. The number of hydrogen-bond donors (Lipinski definition) is 3. The number of nitrogens with one attached hydrogen (secondary N) is 1. The van der Waals surface area contributed by atoms with Crippen molar-refractivity contribution in [2.75, 3.05) is 18.5 Å².